The van der Waals surface area contributed by atoms with Gasteiger partial charge in [-0.1, -0.05) is 55.1 Å². The summed E-state index contributed by atoms with van der Waals surface area (Å²) < 4.78 is 12.5. The van der Waals surface area contributed by atoms with Crippen LogP contribution in [0.15, 0.2) is 103 Å². The van der Waals surface area contributed by atoms with Crippen molar-refractivity contribution in [2.75, 3.05) is 39.4 Å². The minimum absolute atomic E-state index is 0.0910. The number of nitrogens with zero attached hydrogens (tertiary/aromatic N) is 3. The summed E-state index contributed by atoms with van der Waals surface area (Å²) in [5.41, 5.74) is 7.46. The number of rotatable bonds is 11. The first-order valence-corrected chi connectivity index (χ1v) is 19.5. The van der Waals surface area contributed by atoms with Gasteiger partial charge in [-0.15, -0.1) is 0 Å². The Bertz CT molecular complexity index is 2050. The van der Waals surface area contributed by atoms with E-state index in [0.717, 1.165) is 56.1 Å². The third-order valence-electron chi connectivity index (χ3n) is 12.4. The van der Waals surface area contributed by atoms with Crippen molar-refractivity contribution in [3.8, 4) is 17.2 Å². The van der Waals surface area contributed by atoms with Crippen molar-refractivity contribution in [1.82, 2.24) is 20.0 Å². The van der Waals surface area contributed by atoms with Gasteiger partial charge in [0, 0.05) is 62.0 Å². The molecule has 4 aromatic carbocycles. The Kier molecular flexibility index (Phi) is 9.37. The van der Waals surface area contributed by atoms with Crippen molar-refractivity contribution in [3.05, 3.63) is 137 Å². The number of hydrogen-bond acceptors (Lipinski definition) is 7. The molecule has 9 heteroatoms. The minimum Gasteiger partial charge on any atom is -0.508 e. The van der Waals surface area contributed by atoms with E-state index < -0.39 is 6.04 Å². The molecule has 0 spiro atoms. The Morgan fingerprint density at radius 3 is 2.20 bits per heavy atom. The second kappa shape index (κ2) is 14.6. The molecule has 278 valence electrons. The zero-order valence-electron chi connectivity index (χ0n) is 30.7. The maximum atomic E-state index is 13.1. The molecular weight excluding hydrogens is 677 g/mol. The number of amides is 2. The molecule has 2 amide bonds. The topological polar surface area (TPSA) is 94.6 Å². The maximum Gasteiger partial charge on any atom is 0.255 e. The van der Waals surface area contributed by atoms with Crippen LogP contribution in [0.5, 0.6) is 17.2 Å². The first kappa shape index (κ1) is 34.6. The average Bonchev–Trinajstić information content (AvgIpc) is 3.87. The largest absolute Gasteiger partial charge is 0.508 e. The summed E-state index contributed by atoms with van der Waals surface area (Å²) in [7, 11) is 0. The van der Waals surface area contributed by atoms with E-state index in [0.29, 0.717) is 67.6 Å². The molecule has 5 aliphatic rings. The highest BCUT2D eigenvalue weighted by atomic mass is 16.5. The van der Waals surface area contributed by atoms with Crippen molar-refractivity contribution >= 4 is 11.8 Å². The number of piperidine rings is 1. The number of phenolic OH excluding ortho intramolecular Hbond substituents is 1. The summed E-state index contributed by atoms with van der Waals surface area (Å²) in [5, 5.41) is 13.0. The van der Waals surface area contributed by atoms with Gasteiger partial charge in [0.05, 0.1) is 0 Å². The Labute approximate surface area is 317 Å². The number of ether oxygens (including phenoxy) is 2. The third-order valence-corrected chi connectivity index (χ3v) is 12.4. The monoisotopic (exact) mass is 724 g/mol. The molecule has 2 N–H and O–H groups in total. The number of carbonyl (C=O) groups is 2. The van der Waals surface area contributed by atoms with Gasteiger partial charge in [-0.25, -0.2) is 0 Å². The van der Waals surface area contributed by atoms with E-state index in [1.807, 2.05) is 30.3 Å². The van der Waals surface area contributed by atoms with Gasteiger partial charge in [-0.3, -0.25) is 19.4 Å². The number of piperazine rings is 1. The molecule has 5 atom stereocenters. The number of phenols is 1. The lowest BCUT2D eigenvalue weighted by Gasteiger charge is -2.35. The van der Waals surface area contributed by atoms with Crippen LogP contribution in [0.25, 0.3) is 0 Å². The quantitative estimate of drug-likeness (QED) is 0.190. The molecule has 54 heavy (non-hydrogen) atoms. The first-order valence-electron chi connectivity index (χ1n) is 19.5. The standard InChI is InChI=1S/C45H48N4O5/c1-29-7-18-42(44(51)46-29)49-26-33-24-38(14-17-41(33)45(49)52)54-22-20-48-28-34-25-35(48)27-47(34)19-21-53-37-12-8-31(9-13-37)43-39(30-5-3-2-4-6-30)15-10-32-23-36(50)11-16-40(32)43/h2-6,8-9,11-14,16-17,23-24,34-35,39,42-43,50H,1,7,10,15,18-22,25-28H2,(H,46,51)/t34-,35-,39+,42-,43-/m0/s1. The van der Waals surface area contributed by atoms with Crippen molar-refractivity contribution in [1.29, 1.82) is 0 Å². The van der Waals surface area contributed by atoms with E-state index >= 15 is 0 Å². The molecule has 3 fully saturated rings. The summed E-state index contributed by atoms with van der Waals surface area (Å²) >= 11 is 0. The predicted octanol–water partition coefficient (Wildman–Crippen LogP) is 6.22. The summed E-state index contributed by atoms with van der Waals surface area (Å²) in [6.07, 6.45) is 4.47. The number of likely N-dealkylation sites (tertiary alicyclic amines) is 2. The highest BCUT2D eigenvalue weighted by Crippen LogP contribution is 2.47. The minimum atomic E-state index is -0.458. The number of allylic oxidation sites excluding steroid dienone is 1. The number of fused-ring (bicyclic) bond motifs is 4. The van der Waals surface area contributed by atoms with Gasteiger partial charge >= 0.3 is 0 Å². The van der Waals surface area contributed by atoms with Crippen LogP contribution >= 0.6 is 0 Å². The first-order chi connectivity index (χ1) is 26.4. The normalized spacial score (nSPS) is 25.1. The fraction of sp³-hybridized carbons (Fsp3) is 0.378. The summed E-state index contributed by atoms with van der Waals surface area (Å²) in [5.74, 6) is 2.36. The molecule has 1 aliphatic carbocycles. The molecule has 0 aromatic heterocycles. The lowest BCUT2D eigenvalue weighted by molar-refractivity contribution is -0.126. The third kappa shape index (κ3) is 6.75. The Hall–Kier alpha value is -5.12. The van der Waals surface area contributed by atoms with Gasteiger partial charge in [-0.05, 0) is 108 Å². The maximum absolute atomic E-state index is 13.1. The second-order valence-electron chi connectivity index (χ2n) is 15.6. The van der Waals surface area contributed by atoms with Gasteiger partial charge in [0.25, 0.3) is 5.91 Å². The van der Waals surface area contributed by atoms with E-state index in [4.69, 9.17) is 9.47 Å². The van der Waals surface area contributed by atoms with Crippen LogP contribution in [0.1, 0.15) is 75.7 Å². The van der Waals surface area contributed by atoms with Crippen LogP contribution in [-0.4, -0.2) is 89.1 Å². The zero-order chi connectivity index (χ0) is 36.8. The molecule has 4 aliphatic heterocycles. The van der Waals surface area contributed by atoms with Gasteiger partial charge in [-0.2, -0.15) is 0 Å². The van der Waals surface area contributed by atoms with Crippen molar-refractivity contribution in [3.63, 3.8) is 0 Å². The zero-order valence-corrected chi connectivity index (χ0v) is 30.7. The molecule has 9 rings (SSSR count). The molecule has 9 nitrogen and oxygen atoms in total. The summed E-state index contributed by atoms with van der Waals surface area (Å²) in [4.78, 5) is 32.4. The van der Waals surface area contributed by atoms with Crippen LogP contribution in [0.3, 0.4) is 0 Å². The smallest absolute Gasteiger partial charge is 0.255 e. The van der Waals surface area contributed by atoms with Gasteiger partial charge < -0.3 is 24.8 Å². The van der Waals surface area contributed by atoms with E-state index in [-0.39, 0.29) is 17.7 Å². The lowest BCUT2D eigenvalue weighted by Crippen LogP contribution is -2.49. The fourth-order valence-electron chi connectivity index (χ4n) is 9.71. The summed E-state index contributed by atoms with van der Waals surface area (Å²) in [6, 6.07) is 31.6. The molecule has 0 saturated carbocycles. The highest BCUT2D eigenvalue weighted by Gasteiger charge is 2.43. The molecule has 4 heterocycles. The van der Waals surface area contributed by atoms with Gasteiger partial charge in [0.1, 0.15) is 36.5 Å². The van der Waals surface area contributed by atoms with Crippen LogP contribution in [0.4, 0.5) is 0 Å². The number of hydrogen-bond donors (Lipinski definition) is 2. The van der Waals surface area contributed by atoms with Crippen molar-refractivity contribution in [2.24, 2.45) is 0 Å². The molecule has 3 saturated heterocycles. The highest BCUT2D eigenvalue weighted by molar-refractivity contribution is 6.01. The van der Waals surface area contributed by atoms with Gasteiger partial charge in [0.15, 0.2) is 0 Å². The summed E-state index contributed by atoms with van der Waals surface area (Å²) in [6.45, 7) is 9.38. The van der Waals surface area contributed by atoms with E-state index in [9.17, 15) is 14.7 Å². The number of aromatic hydroxyl groups is 1. The van der Waals surface area contributed by atoms with Crippen LogP contribution in [-0.2, 0) is 17.8 Å². The van der Waals surface area contributed by atoms with E-state index in [1.54, 1.807) is 4.90 Å². The van der Waals surface area contributed by atoms with Crippen LogP contribution in [0.2, 0.25) is 0 Å². The predicted molar refractivity (Wildman–Crippen MR) is 207 cm³/mol. The van der Waals surface area contributed by atoms with Gasteiger partial charge in [0.2, 0.25) is 5.91 Å². The molecule has 4 aromatic rings. The Balaban J connectivity index is 0.742. The number of carbonyl (C=O) groups excluding carboxylic acids is 2. The van der Waals surface area contributed by atoms with E-state index in [2.05, 4.69) is 82.4 Å². The number of benzene rings is 4. The van der Waals surface area contributed by atoms with Crippen LogP contribution in [0, 0.1) is 0 Å². The Morgan fingerprint density at radius 1 is 0.759 bits per heavy atom. The molecule has 2 bridgehead atoms. The average molecular weight is 725 g/mol. The fourth-order valence-corrected chi connectivity index (χ4v) is 9.71. The Morgan fingerprint density at radius 2 is 1.48 bits per heavy atom. The second-order valence-corrected chi connectivity index (χ2v) is 15.6. The van der Waals surface area contributed by atoms with Crippen molar-refractivity contribution < 1.29 is 24.2 Å². The van der Waals surface area contributed by atoms with Crippen molar-refractivity contribution in [2.45, 2.75) is 68.6 Å². The number of nitrogens with one attached hydrogen (secondary N) is 1. The molecular formula is C45H48N4O5. The lowest BCUT2D eigenvalue weighted by atomic mass is 9.69. The SMILES string of the molecule is C=C1CC[C@H](N2Cc3cc(OCCN4C[C@@H]5C[C@H]4CN5CCOc4ccc([C@@H]5c6ccc(O)cc6CC[C@@H]5c5ccccc5)cc4)ccc3C2=O)C(=O)N1. The molecule has 0 radical (unpaired) electrons. The van der Waals surface area contributed by atoms with E-state index in [1.165, 1.54) is 28.7 Å². The molecule has 0 unspecified atom stereocenters. The number of aryl methyl sites for hydroxylation is 1. The van der Waals surface area contributed by atoms with Crippen LogP contribution < -0.4 is 14.8 Å².